The number of carbonyl (C=O) groups excluding carboxylic acids is 2. The average Bonchev–Trinajstić information content (AvgIpc) is 3.22. The van der Waals surface area contributed by atoms with Gasteiger partial charge in [-0.05, 0) is 36.2 Å². The van der Waals surface area contributed by atoms with E-state index in [4.69, 9.17) is 4.74 Å². The fraction of sp³-hybridized carbons (Fsp3) is 0.300. The smallest absolute Gasteiger partial charge is 0.309 e. The topological polar surface area (TPSA) is 105 Å². The van der Waals surface area contributed by atoms with Gasteiger partial charge < -0.3 is 15.4 Å². The normalized spacial score (nSPS) is 16.9. The van der Waals surface area contributed by atoms with Crippen LogP contribution in [-0.4, -0.2) is 57.0 Å². The first-order valence-electron chi connectivity index (χ1n) is 9.37. The van der Waals surface area contributed by atoms with E-state index in [-0.39, 0.29) is 24.6 Å². The Hall–Kier alpha value is -2.27. The van der Waals surface area contributed by atoms with Crippen molar-refractivity contribution in [3.63, 3.8) is 0 Å². The third-order valence-corrected chi connectivity index (χ3v) is 6.98. The maximum absolute atomic E-state index is 12.8. The zero-order chi connectivity index (χ0) is 21.6. The molecule has 1 atom stereocenters. The summed E-state index contributed by atoms with van der Waals surface area (Å²) >= 11 is 3.27. The largest absolute Gasteiger partial charge is 0.359 e. The molecule has 0 bridgehead atoms. The van der Waals surface area contributed by atoms with E-state index >= 15 is 0 Å². The van der Waals surface area contributed by atoms with Gasteiger partial charge in [0.1, 0.15) is 6.23 Å². The molecule has 8 nitrogen and oxygen atoms in total. The molecule has 0 aromatic heterocycles. The summed E-state index contributed by atoms with van der Waals surface area (Å²) in [5.41, 5.74) is 1.05. The van der Waals surface area contributed by atoms with Crippen molar-refractivity contribution < 1.29 is 22.7 Å². The molecule has 1 saturated heterocycles. The van der Waals surface area contributed by atoms with Crippen molar-refractivity contribution in [3.05, 3.63) is 64.6 Å². The van der Waals surface area contributed by atoms with Crippen molar-refractivity contribution >= 4 is 37.8 Å². The van der Waals surface area contributed by atoms with Crippen LogP contribution in [0, 0.1) is 0 Å². The van der Waals surface area contributed by atoms with Gasteiger partial charge in [-0.3, -0.25) is 9.59 Å². The van der Waals surface area contributed by atoms with Crippen molar-refractivity contribution in [3.8, 4) is 0 Å². The highest BCUT2D eigenvalue weighted by Gasteiger charge is 2.36. The lowest BCUT2D eigenvalue weighted by atomic mass is 10.1. The SMILES string of the molecule is O=C(NCCc1ccccc1)C(=O)NC[C@H]1OCCN1S(=O)(=O)c1ccc(Br)cc1. The Balaban J connectivity index is 1.50. The Labute approximate surface area is 183 Å². The molecule has 1 heterocycles. The molecule has 2 amide bonds. The minimum atomic E-state index is -3.78. The molecule has 1 aliphatic heterocycles. The van der Waals surface area contributed by atoms with Crippen molar-refractivity contribution in [2.24, 2.45) is 0 Å². The molecular formula is C20H22BrN3O5S. The van der Waals surface area contributed by atoms with Crippen molar-refractivity contribution in [2.45, 2.75) is 17.5 Å². The highest BCUT2D eigenvalue weighted by Crippen LogP contribution is 2.23. The fourth-order valence-corrected chi connectivity index (χ4v) is 4.76. The van der Waals surface area contributed by atoms with Crippen LogP contribution < -0.4 is 10.6 Å². The Morgan fingerprint density at radius 1 is 1.03 bits per heavy atom. The van der Waals surface area contributed by atoms with Gasteiger partial charge >= 0.3 is 11.8 Å². The molecule has 0 unspecified atom stereocenters. The molecule has 1 aliphatic rings. The van der Waals surface area contributed by atoms with Gasteiger partial charge in [0, 0.05) is 17.6 Å². The summed E-state index contributed by atoms with van der Waals surface area (Å²) in [6.07, 6.45) is -0.273. The number of rotatable bonds is 7. The minimum Gasteiger partial charge on any atom is -0.359 e. The minimum absolute atomic E-state index is 0.124. The monoisotopic (exact) mass is 495 g/mol. The number of ether oxygens (including phenoxy) is 1. The van der Waals surface area contributed by atoms with E-state index < -0.39 is 28.1 Å². The van der Waals surface area contributed by atoms with Crippen molar-refractivity contribution in [2.75, 3.05) is 26.2 Å². The maximum Gasteiger partial charge on any atom is 0.309 e. The van der Waals surface area contributed by atoms with Crippen LogP contribution in [0.5, 0.6) is 0 Å². The average molecular weight is 496 g/mol. The second-order valence-corrected chi connectivity index (χ2v) is 9.40. The second-order valence-electron chi connectivity index (χ2n) is 6.60. The predicted octanol–water partition coefficient (Wildman–Crippen LogP) is 1.27. The van der Waals surface area contributed by atoms with Gasteiger partial charge in [-0.25, -0.2) is 8.42 Å². The highest BCUT2D eigenvalue weighted by molar-refractivity contribution is 9.10. The third kappa shape index (κ3) is 5.66. The summed E-state index contributed by atoms with van der Waals surface area (Å²) in [6.45, 7) is 0.572. The van der Waals surface area contributed by atoms with E-state index in [2.05, 4.69) is 26.6 Å². The standard InChI is InChI=1S/C20H22BrN3O5S/c21-16-6-8-17(9-7-16)30(27,28)24-12-13-29-18(24)14-23-20(26)19(25)22-11-10-15-4-2-1-3-5-15/h1-9,18H,10-14H2,(H,22,25)(H,23,26)/t18-/m1/s1. The number of benzene rings is 2. The van der Waals surface area contributed by atoms with Gasteiger partial charge in [-0.2, -0.15) is 4.31 Å². The van der Waals surface area contributed by atoms with E-state index in [1.807, 2.05) is 30.3 Å². The summed E-state index contributed by atoms with van der Waals surface area (Å²) in [5.74, 6) is -1.61. The van der Waals surface area contributed by atoms with Crippen LogP contribution in [0.15, 0.2) is 64.0 Å². The number of hydrogen-bond acceptors (Lipinski definition) is 5. The Morgan fingerprint density at radius 2 is 1.70 bits per heavy atom. The molecule has 0 radical (unpaired) electrons. The van der Waals surface area contributed by atoms with Crippen LogP contribution in [0.4, 0.5) is 0 Å². The molecule has 0 aliphatic carbocycles. The first-order chi connectivity index (χ1) is 14.4. The number of nitrogens with one attached hydrogen (secondary N) is 2. The molecule has 0 saturated carbocycles. The summed E-state index contributed by atoms with van der Waals surface area (Å²) in [7, 11) is -3.78. The summed E-state index contributed by atoms with van der Waals surface area (Å²) < 4.78 is 33.1. The maximum atomic E-state index is 12.8. The van der Waals surface area contributed by atoms with Gasteiger partial charge in [0.25, 0.3) is 0 Å². The number of halogens is 1. The molecule has 2 aromatic rings. The van der Waals surface area contributed by atoms with Gasteiger partial charge in [0.2, 0.25) is 10.0 Å². The summed E-state index contributed by atoms with van der Waals surface area (Å²) in [6, 6.07) is 15.8. The first-order valence-corrected chi connectivity index (χ1v) is 11.6. The number of carbonyl (C=O) groups is 2. The van der Waals surface area contributed by atoms with Crippen LogP contribution >= 0.6 is 15.9 Å². The molecule has 1 fully saturated rings. The van der Waals surface area contributed by atoms with Crippen LogP contribution in [0.25, 0.3) is 0 Å². The van der Waals surface area contributed by atoms with Crippen LogP contribution in [0.1, 0.15) is 5.56 Å². The molecule has 10 heteroatoms. The molecule has 2 aromatic carbocycles. The van der Waals surface area contributed by atoms with Crippen LogP contribution in [0.3, 0.4) is 0 Å². The van der Waals surface area contributed by atoms with Crippen molar-refractivity contribution in [1.29, 1.82) is 0 Å². The quantitative estimate of drug-likeness (QED) is 0.562. The zero-order valence-electron chi connectivity index (χ0n) is 16.1. The Morgan fingerprint density at radius 3 is 2.40 bits per heavy atom. The predicted molar refractivity (Wildman–Crippen MR) is 114 cm³/mol. The van der Waals surface area contributed by atoms with E-state index in [1.165, 1.54) is 16.4 Å². The molecular weight excluding hydrogens is 474 g/mol. The van der Waals surface area contributed by atoms with Crippen LogP contribution in [-0.2, 0) is 30.8 Å². The Bertz CT molecular complexity index is 983. The molecule has 2 N–H and O–H groups in total. The highest BCUT2D eigenvalue weighted by atomic mass is 79.9. The van der Waals surface area contributed by atoms with Crippen molar-refractivity contribution in [1.82, 2.24) is 14.9 Å². The van der Waals surface area contributed by atoms with E-state index in [0.29, 0.717) is 13.0 Å². The Kier molecular flexibility index (Phi) is 7.59. The lowest BCUT2D eigenvalue weighted by Gasteiger charge is -2.22. The summed E-state index contributed by atoms with van der Waals surface area (Å²) in [5, 5.41) is 5.00. The van der Waals surface area contributed by atoms with Gasteiger partial charge in [0.15, 0.2) is 0 Å². The molecule has 0 spiro atoms. The van der Waals surface area contributed by atoms with Gasteiger partial charge in [-0.15, -0.1) is 0 Å². The lowest BCUT2D eigenvalue weighted by molar-refractivity contribution is -0.139. The summed E-state index contributed by atoms with van der Waals surface area (Å²) in [4.78, 5) is 24.2. The first kappa shape index (κ1) is 22.4. The van der Waals surface area contributed by atoms with E-state index in [9.17, 15) is 18.0 Å². The number of hydrogen-bond donors (Lipinski definition) is 2. The number of sulfonamides is 1. The van der Waals surface area contributed by atoms with Gasteiger partial charge in [-0.1, -0.05) is 46.3 Å². The molecule has 160 valence electrons. The number of amides is 2. The van der Waals surface area contributed by atoms with Crippen LogP contribution in [0.2, 0.25) is 0 Å². The lowest BCUT2D eigenvalue weighted by Crippen LogP contribution is -2.47. The third-order valence-electron chi connectivity index (χ3n) is 4.55. The van der Waals surface area contributed by atoms with E-state index in [1.54, 1.807) is 12.1 Å². The van der Waals surface area contributed by atoms with E-state index in [0.717, 1.165) is 10.0 Å². The molecule has 3 rings (SSSR count). The molecule has 30 heavy (non-hydrogen) atoms. The fourth-order valence-electron chi connectivity index (χ4n) is 2.99. The van der Waals surface area contributed by atoms with Gasteiger partial charge in [0.05, 0.1) is 18.0 Å². The number of nitrogens with zero attached hydrogens (tertiary/aromatic N) is 1. The second kappa shape index (κ2) is 10.2. The zero-order valence-corrected chi connectivity index (χ0v) is 18.5.